The number of hydrogen-bond acceptors (Lipinski definition) is 4. The zero-order chi connectivity index (χ0) is 10.4. The van der Waals surface area contributed by atoms with Crippen molar-refractivity contribution >= 4 is 10.0 Å². The molecule has 2 N–H and O–H groups in total. The van der Waals surface area contributed by atoms with E-state index in [0.717, 1.165) is 12.8 Å². The Labute approximate surface area is 84.6 Å². The molecule has 0 aromatic rings. The summed E-state index contributed by atoms with van der Waals surface area (Å²) in [6.45, 7) is 1.12. The second kappa shape index (κ2) is 5.65. The Bertz CT molecular complexity index is 248. The summed E-state index contributed by atoms with van der Waals surface area (Å²) in [5.74, 6) is -0.129. The van der Waals surface area contributed by atoms with E-state index in [1.165, 1.54) is 6.42 Å². The van der Waals surface area contributed by atoms with E-state index in [-0.39, 0.29) is 12.4 Å². The molecule has 0 unspecified atom stereocenters. The summed E-state index contributed by atoms with van der Waals surface area (Å²) in [5, 5.41) is 4.79. The van der Waals surface area contributed by atoms with Crippen LogP contribution in [0.4, 0.5) is 0 Å². The van der Waals surface area contributed by atoms with Crippen molar-refractivity contribution in [1.82, 2.24) is 0 Å². The van der Waals surface area contributed by atoms with E-state index >= 15 is 0 Å². The largest absolute Gasteiger partial charge is 0.378 e. The number of hydrogen-bond donors (Lipinski definition) is 1. The number of sulfonamides is 1. The van der Waals surface area contributed by atoms with Gasteiger partial charge in [-0.05, 0) is 19.3 Å². The lowest BCUT2D eigenvalue weighted by molar-refractivity contribution is -0.0267. The number of ether oxygens (including phenoxy) is 2. The zero-order valence-corrected chi connectivity index (χ0v) is 8.96. The van der Waals surface area contributed by atoms with Crippen LogP contribution in [0, 0.1) is 0 Å². The minimum Gasteiger partial charge on any atom is -0.378 e. The summed E-state index contributed by atoms with van der Waals surface area (Å²) in [5.41, 5.74) is 0. The normalized spacial score (nSPS) is 18.1. The van der Waals surface area contributed by atoms with E-state index in [0.29, 0.717) is 19.3 Å². The fourth-order valence-corrected chi connectivity index (χ4v) is 1.44. The van der Waals surface area contributed by atoms with Crippen LogP contribution in [0.3, 0.4) is 0 Å². The van der Waals surface area contributed by atoms with Crippen LogP contribution in [-0.4, -0.2) is 40.1 Å². The van der Waals surface area contributed by atoms with Gasteiger partial charge >= 0.3 is 0 Å². The van der Waals surface area contributed by atoms with E-state index in [2.05, 4.69) is 0 Å². The van der Waals surface area contributed by atoms with Crippen LogP contribution in [0.15, 0.2) is 0 Å². The van der Waals surface area contributed by atoms with Gasteiger partial charge in [0, 0.05) is 0 Å². The molecule has 14 heavy (non-hydrogen) atoms. The van der Waals surface area contributed by atoms with Crippen LogP contribution < -0.4 is 5.14 Å². The molecule has 0 atom stereocenters. The van der Waals surface area contributed by atoms with Gasteiger partial charge in [0.15, 0.2) is 0 Å². The monoisotopic (exact) mass is 223 g/mol. The molecule has 0 amide bonds. The summed E-state index contributed by atoms with van der Waals surface area (Å²) in [6.07, 6.45) is 3.92. The first-order chi connectivity index (χ1) is 6.58. The zero-order valence-electron chi connectivity index (χ0n) is 8.15. The van der Waals surface area contributed by atoms with Gasteiger partial charge in [0.2, 0.25) is 10.0 Å². The Kier molecular flexibility index (Phi) is 4.80. The van der Waals surface area contributed by atoms with Gasteiger partial charge in [-0.1, -0.05) is 0 Å². The van der Waals surface area contributed by atoms with Gasteiger partial charge in [0.1, 0.15) is 0 Å². The highest BCUT2D eigenvalue weighted by Crippen LogP contribution is 2.21. The molecular formula is C8H17NO4S. The molecule has 1 aliphatic carbocycles. The highest BCUT2D eigenvalue weighted by molar-refractivity contribution is 7.89. The molecule has 6 heteroatoms. The lowest BCUT2D eigenvalue weighted by atomic mass is 9.96. The lowest BCUT2D eigenvalue weighted by Gasteiger charge is -2.25. The summed E-state index contributed by atoms with van der Waals surface area (Å²) in [7, 11) is -3.39. The molecule has 1 rings (SSSR count). The van der Waals surface area contributed by atoms with Crippen molar-refractivity contribution in [3.63, 3.8) is 0 Å². The number of rotatable bonds is 7. The van der Waals surface area contributed by atoms with E-state index < -0.39 is 10.0 Å². The van der Waals surface area contributed by atoms with Crippen LogP contribution in [0.2, 0.25) is 0 Å². The summed E-state index contributed by atoms with van der Waals surface area (Å²) < 4.78 is 31.4. The molecule has 1 saturated carbocycles. The van der Waals surface area contributed by atoms with Crippen LogP contribution in [-0.2, 0) is 19.5 Å². The maximum atomic E-state index is 10.5. The molecule has 0 heterocycles. The van der Waals surface area contributed by atoms with Crippen LogP contribution in [0.25, 0.3) is 0 Å². The molecule has 0 radical (unpaired) electrons. The maximum absolute atomic E-state index is 10.5. The summed E-state index contributed by atoms with van der Waals surface area (Å²) in [4.78, 5) is 0. The van der Waals surface area contributed by atoms with Crippen LogP contribution in [0.1, 0.15) is 19.3 Å². The number of nitrogens with two attached hydrogens (primary N) is 1. The van der Waals surface area contributed by atoms with Gasteiger partial charge in [0.25, 0.3) is 0 Å². The van der Waals surface area contributed by atoms with Gasteiger partial charge in [-0.25, -0.2) is 13.6 Å². The van der Waals surface area contributed by atoms with Crippen molar-refractivity contribution in [2.75, 3.05) is 25.6 Å². The number of primary sulfonamides is 1. The lowest BCUT2D eigenvalue weighted by Crippen LogP contribution is -2.24. The maximum Gasteiger partial charge on any atom is 0.211 e. The Morgan fingerprint density at radius 1 is 1.21 bits per heavy atom. The highest BCUT2D eigenvalue weighted by Gasteiger charge is 2.17. The van der Waals surface area contributed by atoms with Gasteiger partial charge in [-0.15, -0.1) is 0 Å². The van der Waals surface area contributed by atoms with E-state index in [4.69, 9.17) is 14.6 Å². The molecule has 0 aliphatic heterocycles. The predicted molar refractivity (Wildman–Crippen MR) is 52.4 cm³/mol. The molecule has 1 fully saturated rings. The molecule has 0 spiro atoms. The predicted octanol–water partition coefficient (Wildman–Crippen LogP) is -0.139. The van der Waals surface area contributed by atoms with Crippen LogP contribution >= 0.6 is 0 Å². The molecule has 5 nitrogen and oxygen atoms in total. The van der Waals surface area contributed by atoms with E-state index in [1.807, 2.05) is 0 Å². The fraction of sp³-hybridized carbons (Fsp3) is 1.00. The first-order valence-corrected chi connectivity index (χ1v) is 6.49. The third kappa shape index (κ3) is 5.54. The molecule has 0 aromatic heterocycles. The second-order valence-electron chi connectivity index (χ2n) is 3.40. The Hall–Kier alpha value is -0.170. The van der Waals surface area contributed by atoms with Gasteiger partial charge in [-0.2, -0.15) is 0 Å². The third-order valence-corrected chi connectivity index (χ3v) is 2.88. The molecule has 1 aliphatic rings. The van der Waals surface area contributed by atoms with Crippen molar-refractivity contribution < 1.29 is 17.9 Å². The molecule has 0 saturated heterocycles. The van der Waals surface area contributed by atoms with Gasteiger partial charge in [-0.3, -0.25) is 0 Å². The minimum atomic E-state index is -3.39. The molecule has 0 aromatic carbocycles. The van der Waals surface area contributed by atoms with Crippen molar-refractivity contribution in [2.24, 2.45) is 5.14 Å². The Morgan fingerprint density at radius 3 is 2.43 bits per heavy atom. The standard InChI is InChI=1S/C8H17NO4S/c9-14(10,11)7-6-12-4-5-13-8-2-1-3-8/h8H,1-7H2,(H2,9,10,11). The molecule has 84 valence electrons. The average Bonchev–Trinajstić information content (AvgIpc) is 1.97. The highest BCUT2D eigenvalue weighted by atomic mass is 32.2. The van der Waals surface area contributed by atoms with Crippen molar-refractivity contribution in [3.8, 4) is 0 Å². The SMILES string of the molecule is NS(=O)(=O)CCOCCOC1CCC1. The van der Waals surface area contributed by atoms with Gasteiger partial charge in [0.05, 0.1) is 31.7 Å². The quantitative estimate of drug-likeness (QED) is 0.609. The van der Waals surface area contributed by atoms with Gasteiger partial charge < -0.3 is 9.47 Å². The molecular weight excluding hydrogens is 206 g/mol. The van der Waals surface area contributed by atoms with Crippen molar-refractivity contribution in [1.29, 1.82) is 0 Å². The topological polar surface area (TPSA) is 78.6 Å². The summed E-state index contributed by atoms with van der Waals surface area (Å²) in [6, 6.07) is 0. The first kappa shape index (κ1) is 11.9. The van der Waals surface area contributed by atoms with E-state index in [9.17, 15) is 8.42 Å². The minimum absolute atomic E-state index is 0.129. The Morgan fingerprint density at radius 2 is 1.93 bits per heavy atom. The first-order valence-electron chi connectivity index (χ1n) is 4.78. The van der Waals surface area contributed by atoms with E-state index in [1.54, 1.807) is 0 Å². The third-order valence-electron chi connectivity index (χ3n) is 2.15. The fourth-order valence-electron chi connectivity index (χ4n) is 1.09. The smallest absolute Gasteiger partial charge is 0.211 e. The summed E-state index contributed by atoms with van der Waals surface area (Å²) >= 11 is 0. The van der Waals surface area contributed by atoms with Crippen molar-refractivity contribution in [3.05, 3.63) is 0 Å². The van der Waals surface area contributed by atoms with Crippen molar-refractivity contribution in [2.45, 2.75) is 25.4 Å². The molecule has 0 bridgehead atoms. The van der Waals surface area contributed by atoms with Crippen LogP contribution in [0.5, 0.6) is 0 Å². The average molecular weight is 223 g/mol. The second-order valence-corrected chi connectivity index (χ2v) is 5.14. The Balaban J connectivity index is 1.84.